The van der Waals surface area contributed by atoms with Crippen LogP contribution in [0, 0.1) is 12.7 Å². The van der Waals surface area contributed by atoms with Gasteiger partial charge in [-0.2, -0.15) is 5.10 Å². The molecule has 1 aliphatic heterocycles. The maximum atomic E-state index is 14.9. The highest BCUT2D eigenvalue weighted by Gasteiger charge is 2.43. The Bertz CT molecular complexity index is 1290. The third-order valence-corrected chi connectivity index (χ3v) is 5.99. The van der Waals surface area contributed by atoms with Crippen molar-refractivity contribution in [2.24, 2.45) is 0 Å². The first-order valence-corrected chi connectivity index (χ1v) is 10.1. The molecule has 1 atom stereocenters. The molecule has 0 spiro atoms. The van der Waals surface area contributed by atoms with E-state index >= 15 is 0 Å². The molecule has 1 N–H and O–H groups in total. The van der Waals surface area contributed by atoms with Crippen LogP contribution in [-0.2, 0) is 0 Å². The number of imidazole rings is 1. The highest BCUT2D eigenvalue weighted by Crippen LogP contribution is 2.43. The van der Waals surface area contributed by atoms with Crippen molar-refractivity contribution in [1.29, 1.82) is 0 Å². The fourth-order valence-corrected chi connectivity index (χ4v) is 4.41. The summed E-state index contributed by atoms with van der Waals surface area (Å²) in [4.78, 5) is 18.9. The van der Waals surface area contributed by atoms with E-state index < -0.39 is 11.9 Å². The minimum atomic E-state index is -0.681. The number of aryl methyl sites for hydroxylation is 1. The molecule has 10 heteroatoms. The number of aromatic nitrogens is 4. The van der Waals surface area contributed by atoms with Gasteiger partial charge in [0.25, 0.3) is 5.91 Å². The van der Waals surface area contributed by atoms with E-state index in [-0.39, 0.29) is 23.9 Å². The van der Waals surface area contributed by atoms with Crippen molar-refractivity contribution in [3.63, 3.8) is 0 Å². The van der Waals surface area contributed by atoms with E-state index in [9.17, 15) is 13.1 Å². The molecule has 3 heterocycles. The van der Waals surface area contributed by atoms with Crippen LogP contribution in [-0.4, -0.2) is 25.1 Å². The fourth-order valence-electron chi connectivity index (χ4n) is 3.76. The SMILES string of the molecule is Cc1[nH]nc2c1C(c1ccc(Br)cc1F)N(c1ccc3c(c1)ncn3SF)C2=O. The number of aromatic amines is 1. The van der Waals surface area contributed by atoms with Crippen LogP contribution in [0.15, 0.2) is 47.2 Å². The second kappa shape index (κ2) is 6.67. The Morgan fingerprint density at radius 2 is 2.07 bits per heavy atom. The summed E-state index contributed by atoms with van der Waals surface area (Å²) in [6, 6.07) is 9.14. The Morgan fingerprint density at radius 1 is 1.24 bits per heavy atom. The molecule has 0 bridgehead atoms. The maximum absolute atomic E-state index is 14.9. The van der Waals surface area contributed by atoms with Crippen LogP contribution in [0.25, 0.3) is 11.0 Å². The van der Waals surface area contributed by atoms with Crippen molar-refractivity contribution in [2.75, 3.05) is 4.90 Å². The molecule has 1 unspecified atom stereocenters. The average molecular weight is 476 g/mol. The smallest absolute Gasteiger partial charge is 0.280 e. The molecule has 5 rings (SSSR count). The minimum Gasteiger partial charge on any atom is -0.295 e. The highest BCUT2D eigenvalue weighted by atomic mass is 79.9. The lowest BCUT2D eigenvalue weighted by Gasteiger charge is -2.26. The number of nitrogens with zero attached hydrogens (tertiary/aromatic N) is 4. The number of fused-ring (bicyclic) bond motifs is 2. The van der Waals surface area contributed by atoms with Gasteiger partial charge in [-0.25, -0.2) is 13.3 Å². The molecule has 0 fully saturated rings. The lowest BCUT2D eigenvalue weighted by atomic mass is 9.98. The van der Waals surface area contributed by atoms with Crippen LogP contribution >= 0.6 is 28.3 Å². The molecule has 2 aromatic carbocycles. The molecule has 0 radical (unpaired) electrons. The van der Waals surface area contributed by atoms with Gasteiger partial charge in [0.1, 0.15) is 12.1 Å². The molecule has 1 aliphatic rings. The summed E-state index contributed by atoms with van der Waals surface area (Å²) in [5.74, 6) is -0.773. The van der Waals surface area contributed by atoms with Crippen molar-refractivity contribution in [3.8, 4) is 0 Å². The van der Waals surface area contributed by atoms with Gasteiger partial charge in [0.05, 0.1) is 17.1 Å². The monoisotopic (exact) mass is 475 g/mol. The van der Waals surface area contributed by atoms with Crippen molar-refractivity contribution in [3.05, 3.63) is 75.5 Å². The van der Waals surface area contributed by atoms with Crippen molar-refractivity contribution in [1.82, 2.24) is 19.2 Å². The van der Waals surface area contributed by atoms with Gasteiger partial charge in [-0.15, -0.1) is 3.89 Å². The van der Waals surface area contributed by atoms with Gasteiger partial charge in [-0.05, 0) is 37.3 Å². The van der Waals surface area contributed by atoms with E-state index in [1.807, 2.05) is 0 Å². The van der Waals surface area contributed by atoms with Gasteiger partial charge in [0, 0.05) is 27.0 Å². The summed E-state index contributed by atoms with van der Waals surface area (Å²) in [7, 11) is 0. The van der Waals surface area contributed by atoms with Gasteiger partial charge in [0.15, 0.2) is 18.0 Å². The normalized spacial score (nSPS) is 16.1. The summed E-state index contributed by atoms with van der Waals surface area (Å²) < 4.78 is 29.8. The van der Waals surface area contributed by atoms with Crippen LogP contribution in [0.2, 0.25) is 0 Å². The Hall–Kier alpha value is -2.72. The van der Waals surface area contributed by atoms with Crippen LogP contribution in [0.5, 0.6) is 0 Å². The van der Waals surface area contributed by atoms with Gasteiger partial charge in [-0.3, -0.25) is 14.8 Å². The maximum Gasteiger partial charge on any atom is 0.280 e. The number of amides is 1. The predicted octanol–water partition coefficient (Wildman–Crippen LogP) is 5.10. The number of nitrogens with one attached hydrogen (secondary N) is 1. The Morgan fingerprint density at radius 3 is 2.83 bits per heavy atom. The Kier molecular flexibility index (Phi) is 4.21. The third kappa shape index (κ3) is 2.70. The van der Waals surface area contributed by atoms with E-state index in [4.69, 9.17) is 0 Å². The molecule has 2 aromatic heterocycles. The minimum absolute atomic E-state index is 0.0429. The van der Waals surface area contributed by atoms with Crippen molar-refractivity contribution in [2.45, 2.75) is 13.0 Å². The fraction of sp³-hybridized carbons (Fsp3) is 0.105. The zero-order valence-corrected chi connectivity index (χ0v) is 17.3. The lowest BCUT2D eigenvalue weighted by molar-refractivity contribution is 0.0988. The number of carbonyl (C=O) groups is 1. The largest absolute Gasteiger partial charge is 0.295 e. The topological polar surface area (TPSA) is 66.8 Å². The number of anilines is 1. The number of rotatable bonds is 3. The first kappa shape index (κ1) is 18.3. The molecular formula is C19H12BrF2N5OS. The Balaban J connectivity index is 1.71. The summed E-state index contributed by atoms with van der Waals surface area (Å²) in [5, 5.41) is 6.96. The number of hydrogen-bond donors (Lipinski definition) is 1. The molecule has 146 valence electrons. The second-order valence-electron chi connectivity index (χ2n) is 6.67. The zero-order valence-electron chi connectivity index (χ0n) is 14.9. The molecule has 29 heavy (non-hydrogen) atoms. The van der Waals surface area contributed by atoms with Crippen molar-refractivity contribution >= 4 is 50.9 Å². The predicted molar refractivity (Wildman–Crippen MR) is 110 cm³/mol. The molecule has 4 aromatic rings. The number of halogens is 3. The summed E-state index contributed by atoms with van der Waals surface area (Å²) >= 11 is 3.31. The summed E-state index contributed by atoms with van der Waals surface area (Å²) in [6.07, 6.45) is 1.37. The van der Waals surface area contributed by atoms with Gasteiger partial charge in [0.2, 0.25) is 0 Å². The first-order chi connectivity index (χ1) is 14.0. The third-order valence-electron chi connectivity index (χ3n) is 5.06. The summed E-state index contributed by atoms with van der Waals surface area (Å²) in [5.41, 5.74) is 3.59. The second-order valence-corrected chi connectivity index (χ2v) is 8.11. The molecule has 0 aliphatic carbocycles. The molecule has 1 amide bonds. The number of hydrogen-bond acceptors (Lipinski definition) is 4. The Labute approximate surface area is 176 Å². The van der Waals surface area contributed by atoms with E-state index in [0.29, 0.717) is 38.0 Å². The molecule has 6 nitrogen and oxygen atoms in total. The highest BCUT2D eigenvalue weighted by molar-refractivity contribution is 9.10. The van der Waals surface area contributed by atoms with Crippen molar-refractivity contribution < 1.29 is 13.1 Å². The molecule has 0 saturated carbocycles. The van der Waals surface area contributed by atoms with Crippen LogP contribution in [0.3, 0.4) is 0 Å². The van der Waals surface area contributed by atoms with E-state index in [1.54, 1.807) is 37.3 Å². The summed E-state index contributed by atoms with van der Waals surface area (Å²) in [6.45, 7) is 1.80. The van der Waals surface area contributed by atoms with Crippen LogP contribution in [0.4, 0.5) is 14.0 Å². The number of carbonyl (C=O) groups excluding carboxylic acids is 1. The van der Waals surface area contributed by atoms with E-state index in [1.165, 1.54) is 21.3 Å². The van der Waals surface area contributed by atoms with E-state index in [2.05, 4.69) is 31.1 Å². The lowest BCUT2D eigenvalue weighted by Crippen LogP contribution is -2.29. The quantitative estimate of drug-likeness (QED) is 0.447. The van der Waals surface area contributed by atoms with Gasteiger partial charge < -0.3 is 0 Å². The molecular weight excluding hydrogens is 464 g/mol. The van der Waals surface area contributed by atoms with Crippen LogP contribution in [0.1, 0.15) is 33.4 Å². The van der Waals surface area contributed by atoms with E-state index in [0.717, 1.165) is 0 Å². The van der Waals surface area contributed by atoms with Gasteiger partial charge in [-0.1, -0.05) is 22.0 Å². The average Bonchev–Trinajstić information content (AvgIpc) is 3.36. The molecule has 0 saturated heterocycles. The zero-order chi connectivity index (χ0) is 20.3. The first-order valence-electron chi connectivity index (χ1n) is 8.59. The number of H-pyrrole nitrogens is 1. The standard InChI is InChI=1S/C19H12BrF2N5OS/c1-9-16-17(25-24-9)19(28)27(18(16)12-4-2-10(20)6-13(12)21)11-3-5-15-14(7-11)23-8-26(15)29-22/h2-8,18H,1H3,(H,24,25). The van der Waals surface area contributed by atoms with Gasteiger partial charge >= 0.3 is 0 Å². The van der Waals surface area contributed by atoms with Crippen LogP contribution < -0.4 is 4.90 Å². The number of benzene rings is 2.